The number of aliphatic hydroxyl groups is 1. The molecule has 1 saturated heterocycles. The molecule has 0 aromatic carbocycles. The summed E-state index contributed by atoms with van der Waals surface area (Å²) in [6.45, 7) is 8.43. The molecule has 2 heteroatoms. The molecule has 1 N–H and O–H groups in total. The molecule has 122 valence electrons. The van der Waals surface area contributed by atoms with Crippen molar-refractivity contribution in [2.24, 2.45) is 23.2 Å². The molecule has 2 nitrogen and oxygen atoms in total. The molecule has 0 aromatic rings. The first-order valence-corrected chi connectivity index (χ1v) is 9.48. The largest absolute Gasteiger partial charge is 0.393 e. The third kappa shape index (κ3) is 3.64. The van der Waals surface area contributed by atoms with Crippen LogP contribution in [0.1, 0.15) is 71.6 Å². The number of hydrogen-bond donors (Lipinski definition) is 1. The normalized spacial score (nSPS) is 37.4. The maximum atomic E-state index is 10.4. The molecule has 3 fully saturated rings. The fourth-order valence-corrected chi connectivity index (χ4v) is 5.25. The Bertz CT molecular complexity index is 324. The van der Waals surface area contributed by atoms with Gasteiger partial charge in [0.15, 0.2) is 0 Å². The standard InChI is InChI=1S/C19H35NO/c1-15(2)16-5-6-18(21)17(13-16)14-20-11-9-19(10-12-20)7-3-4-8-19/h15-18,21H,3-14H2,1-2H3. The molecule has 3 unspecified atom stereocenters. The van der Waals surface area contributed by atoms with Crippen molar-refractivity contribution in [3.05, 3.63) is 0 Å². The Labute approximate surface area is 131 Å². The van der Waals surface area contributed by atoms with Crippen molar-refractivity contribution in [2.45, 2.75) is 77.7 Å². The van der Waals surface area contributed by atoms with Crippen molar-refractivity contribution in [3.8, 4) is 0 Å². The smallest absolute Gasteiger partial charge is 0.0580 e. The van der Waals surface area contributed by atoms with Crippen LogP contribution in [0.4, 0.5) is 0 Å². The third-order valence-corrected chi connectivity index (χ3v) is 7.00. The Morgan fingerprint density at radius 2 is 1.71 bits per heavy atom. The summed E-state index contributed by atoms with van der Waals surface area (Å²) in [5.74, 6) is 2.15. The quantitative estimate of drug-likeness (QED) is 0.847. The van der Waals surface area contributed by atoms with Crippen LogP contribution in [0.25, 0.3) is 0 Å². The van der Waals surface area contributed by atoms with Crippen molar-refractivity contribution >= 4 is 0 Å². The monoisotopic (exact) mass is 293 g/mol. The number of nitrogens with zero attached hydrogens (tertiary/aromatic N) is 1. The molecule has 0 aromatic heterocycles. The molecule has 2 aliphatic carbocycles. The van der Waals surface area contributed by atoms with Crippen LogP contribution < -0.4 is 0 Å². The highest BCUT2D eigenvalue weighted by Gasteiger charge is 2.38. The van der Waals surface area contributed by atoms with Crippen LogP contribution in [-0.4, -0.2) is 35.7 Å². The molecule has 0 radical (unpaired) electrons. The lowest BCUT2D eigenvalue weighted by Gasteiger charge is -2.43. The summed E-state index contributed by atoms with van der Waals surface area (Å²) >= 11 is 0. The predicted octanol–water partition coefficient (Wildman–Crippen LogP) is 4.08. The summed E-state index contributed by atoms with van der Waals surface area (Å²) in [6.07, 6.45) is 12.2. The second-order valence-electron chi connectivity index (χ2n) is 8.65. The minimum absolute atomic E-state index is 0.0395. The zero-order valence-electron chi connectivity index (χ0n) is 14.2. The van der Waals surface area contributed by atoms with Crippen molar-refractivity contribution in [1.29, 1.82) is 0 Å². The van der Waals surface area contributed by atoms with E-state index in [1.807, 2.05) is 0 Å². The fraction of sp³-hybridized carbons (Fsp3) is 1.00. The van der Waals surface area contributed by atoms with Gasteiger partial charge >= 0.3 is 0 Å². The summed E-state index contributed by atoms with van der Waals surface area (Å²) in [5, 5.41) is 10.4. The van der Waals surface area contributed by atoms with Crippen LogP contribution in [0.15, 0.2) is 0 Å². The van der Waals surface area contributed by atoms with E-state index >= 15 is 0 Å². The second kappa shape index (κ2) is 6.58. The SMILES string of the molecule is CC(C)C1CCC(O)C(CN2CCC3(CCCC3)CC2)C1. The minimum atomic E-state index is -0.0395. The van der Waals surface area contributed by atoms with Crippen molar-refractivity contribution in [2.75, 3.05) is 19.6 Å². The van der Waals surface area contributed by atoms with Gasteiger partial charge in [-0.3, -0.25) is 0 Å². The fourth-order valence-electron chi connectivity index (χ4n) is 5.25. The van der Waals surface area contributed by atoms with Gasteiger partial charge in [-0.2, -0.15) is 0 Å². The van der Waals surface area contributed by atoms with Crippen LogP contribution in [0.3, 0.4) is 0 Å². The first kappa shape index (κ1) is 15.8. The molecular formula is C19H35NO. The second-order valence-corrected chi connectivity index (χ2v) is 8.65. The number of aliphatic hydroxyl groups excluding tert-OH is 1. The van der Waals surface area contributed by atoms with Gasteiger partial charge in [-0.25, -0.2) is 0 Å². The van der Waals surface area contributed by atoms with Gasteiger partial charge in [0.2, 0.25) is 0 Å². The lowest BCUT2D eigenvalue weighted by Crippen LogP contribution is -2.45. The summed E-state index contributed by atoms with van der Waals surface area (Å²) in [5.41, 5.74) is 0.724. The van der Waals surface area contributed by atoms with Crippen molar-refractivity contribution in [3.63, 3.8) is 0 Å². The van der Waals surface area contributed by atoms with Gasteiger partial charge in [0.1, 0.15) is 0 Å². The van der Waals surface area contributed by atoms with Gasteiger partial charge in [-0.1, -0.05) is 26.7 Å². The van der Waals surface area contributed by atoms with Gasteiger partial charge < -0.3 is 10.0 Å². The van der Waals surface area contributed by atoms with Gasteiger partial charge in [-0.15, -0.1) is 0 Å². The number of rotatable bonds is 3. The van der Waals surface area contributed by atoms with Crippen molar-refractivity contribution < 1.29 is 5.11 Å². The van der Waals surface area contributed by atoms with E-state index in [-0.39, 0.29) is 6.10 Å². The highest BCUT2D eigenvalue weighted by atomic mass is 16.3. The Hall–Kier alpha value is -0.0800. The Balaban J connectivity index is 1.49. The first-order valence-electron chi connectivity index (χ1n) is 9.48. The minimum Gasteiger partial charge on any atom is -0.393 e. The maximum absolute atomic E-state index is 10.4. The summed E-state index contributed by atoms with van der Waals surface area (Å²) in [7, 11) is 0. The van der Waals surface area contributed by atoms with E-state index in [1.165, 1.54) is 64.5 Å². The Morgan fingerprint density at radius 1 is 1.05 bits per heavy atom. The lowest BCUT2D eigenvalue weighted by atomic mass is 9.73. The molecule has 3 rings (SSSR count). The van der Waals surface area contributed by atoms with E-state index in [0.717, 1.165) is 30.2 Å². The first-order chi connectivity index (χ1) is 10.1. The lowest BCUT2D eigenvalue weighted by molar-refractivity contribution is 0.00560. The molecule has 0 bridgehead atoms. The maximum Gasteiger partial charge on any atom is 0.0580 e. The molecule has 0 amide bonds. The molecule has 1 aliphatic heterocycles. The zero-order valence-corrected chi connectivity index (χ0v) is 14.2. The molecule has 1 heterocycles. The summed E-state index contributed by atoms with van der Waals surface area (Å²) in [4.78, 5) is 2.67. The average molecular weight is 293 g/mol. The average Bonchev–Trinajstić information content (AvgIpc) is 2.92. The Kier molecular flexibility index (Phi) is 4.95. The molecule has 2 saturated carbocycles. The Morgan fingerprint density at radius 3 is 2.33 bits per heavy atom. The predicted molar refractivity (Wildman–Crippen MR) is 88.3 cm³/mol. The van der Waals surface area contributed by atoms with E-state index in [9.17, 15) is 5.11 Å². The number of hydrogen-bond acceptors (Lipinski definition) is 2. The molecule has 21 heavy (non-hydrogen) atoms. The van der Waals surface area contributed by atoms with E-state index in [0.29, 0.717) is 5.92 Å². The van der Waals surface area contributed by atoms with E-state index in [4.69, 9.17) is 0 Å². The summed E-state index contributed by atoms with van der Waals surface area (Å²) < 4.78 is 0. The van der Waals surface area contributed by atoms with Crippen LogP contribution >= 0.6 is 0 Å². The van der Waals surface area contributed by atoms with Gasteiger partial charge in [0, 0.05) is 6.54 Å². The van der Waals surface area contributed by atoms with E-state index in [1.54, 1.807) is 0 Å². The highest BCUT2D eigenvalue weighted by Crippen LogP contribution is 2.46. The number of likely N-dealkylation sites (tertiary alicyclic amines) is 1. The molecule has 1 spiro atoms. The topological polar surface area (TPSA) is 23.5 Å². The van der Waals surface area contributed by atoms with E-state index in [2.05, 4.69) is 18.7 Å². The number of piperidine rings is 1. The van der Waals surface area contributed by atoms with Gasteiger partial charge in [0.05, 0.1) is 6.10 Å². The third-order valence-electron chi connectivity index (χ3n) is 7.00. The van der Waals surface area contributed by atoms with Crippen LogP contribution in [0, 0.1) is 23.2 Å². The van der Waals surface area contributed by atoms with Crippen LogP contribution in [0.2, 0.25) is 0 Å². The van der Waals surface area contributed by atoms with Gasteiger partial charge in [-0.05, 0) is 81.2 Å². The highest BCUT2D eigenvalue weighted by molar-refractivity contribution is 4.91. The van der Waals surface area contributed by atoms with Crippen LogP contribution in [-0.2, 0) is 0 Å². The van der Waals surface area contributed by atoms with Crippen LogP contribution in [0.5, 0.6) is 0 Å². The van der Waals surface area contributed by atoms with E-state index < -0.39 is 0 Å². The molecule has 3 aliphatic rings. The molecule has 3 atom stereocenters. The summed E-state index contributed by atoms with van der Waals surface area (Å²) in [6, 6.07) is 0. The zero-order chi connectivity index (χ0) is 14.9. The van der Waals surface area contributed by atoms with Gasteiger partial charge in [0.25, 0.3) is 0 Å². The molecular weight excluding hydrogens is 258 g/mol. The van der Waals surface area contributed by atoms with Crippen molar-refractivity contribution in [1.82, 2.24) is 4.90 Å².